The summed E-state index contributed by atoms with van der Waals surface area (Å²) in [7, 11) is 3.07. The number of carbonyl (C=O) groups excluding carboxylic acids is 2. The lowest BCUT2D eigenvalue weighted by molar-refractivity contribution is -0.114. The molecule has 48 heavy (non-hydrogen) atoms. The fourth-order valence-electron chi connectivity index (χ4n) is 6.17. The Labute approximate surface area is 284 Å². The monoisotopic (exact) mass is 676 g/mol. The van der Waals surface area contributed by atoms with E-state index >= 15 is 0 Å². The fourth-order valence-corrected chi connectivity index (χ4v) is 7.51. The number of nitrogens with one attached hydrogen (secondary N) is 1. The van der Waals surface area contributed by atoms with Crippen LogP contribution in [0.15, 0.2) is 118 Å². The molecule has 1 N–H and O–H groups in total. The lowest BCUT2D eigenvalue weighted by Crippen LogP contribution is -2.41. The van der Waals surface area contributed by atoms with Crippen molar-refractivity contribution in [1.29, 1.82) is 0 Å². The molecule has 5 aromatic rings. The third kappa shape index (κ3) is 5.29. The number of ether oxygens (including phenoxy) is 2. The summed E-state index contributed by atoms with van der Waals surface area (Å²) >= 11 is 7.60. The second-order valence-electron chi connectivity index (χ2n) is 11.2. The van der Waals surface area contributed by atoms with Gasteiger partial charge in [0.25, 0.3) is 17.4 Å². The predicted octanol–water partition coefficient (Wildman–Crippen LogP) is 5.46. The Morgan fingerprint density at radius 2 is 1.67 bits per heavy atom. The molecule has 0 saturated carbocycles. The van der Waals surface area contributed by atoms with Crippen LogP contribution in [-0.2, 0) is 16.1 Å². The van der Waals surface area contributed by atoms with Crippen molar-refractivity contribution in [2.75, 3.05) is 24.4 Å². The largest absolute Gasteiger partial charge is 0.497 e. The highest BCUT2D eigenvalue weighted by atomic mass is 35.5. The number of nitrogens with zero attached hydrogens (tertiary/aromatic N) is 3. The molecule has 4 aromatic carbocycles. The lowest BCUT2D eigenvalue weighted by atomic mass is 9.94. The van der Waals surface area contributed by atoms with E-state index in [1.165, 1.54) is 11.7 Å². The van der Waals surface area contributed by atoms with Gasteiger partial charge in [0.15, 0.2) is 4.80 Å². The highest BCUT2D eigenvalue weighted by molar-refractivity contribution is 7.07. The zero-order valence-corrected chi connectivity index (χ0v) is 27.8. The molecule has 11 heteroatoms. The minimum atomic E-state index is -0.925. The average Bonchev–Trinajstić information content (AvgIpc) is 3.56. The number of anilines is 2. The zero-order valence-electron chi connectivity index (χ0n) is 26.2. The molecule has 240 valence electrons. The number of para-hydroxylation sites is 2. The maximum atomic E-state index is 14.7. The Morgan fingerprint density at radius 1 is 0.938 bits per heavy atom. The number of amides is 2. The van der Waals surface area contributed by atoms with Gasteiger partial charge in [-0.3, -0.25) is 19.0 Å². The summed E-state index contributed by atoms with van der Waals surface area (Å²) in [5.74, 6) is 0.229. The molecular formula is C37H29ClN4O5S. The van der Waals surface area contributed by atoms with Gasteiger partial charge >= 0.3 is 0 Å². The van der Waals surface area contributed by atoms with Crippen molar-refractivity contribution in [2.45, 2.75) is 19.5 Å². The second kappa shape index (κ2) is 12.6. The van der Waals surface area contributed by atoms with Crippen LogP contribution in [-0.4, -0.2) is 30.6 Å². The summed E-state index contributed by atoms with van der Waals surface area (Å²) in [4.78, 5) is 49.8. The van der Waals surface area contributed by atoms with E-state index in [4.69, 9.17) is 26.1 Å². The maximum Gasteiger partial charge on any atom is 0.271 e. The smallest absolute Gasteiger partial charge is 0.271 e. The van der Waals surface area contributed by atoms with Gasteiger partial charge in [0, 0.05) is 27.9 Å². The number of halogens is 1. The van der Waals surface area contributed by atoms with Gasteiger partial charge in [0.1, 0.15) is 22.1 Å². The van der Waals surface area contributed by atoms with Gasteiger partial charge in [-0.2, -0.15) is 0 Å². The van der Waals surface area contributed by atoms with Gasteiger partial charge in [-0.15, -0.1) is 0 Å². The van der Waals surface area contributed by atoms with Crippen LogP contribution < -0.4 is 34.6 Å². The van der Waals surface area contributed by atoms with Crippen molar-refractivity contribution < 1.29 is 19.1 Å². The first-order chi connectivity index (χ1) is 23.3. The number of rotatable bonds is 7. The Balaban J connectivity index is 1.44. The lowest BCUT2D eigenvalue weighted by Gasteiger charge is -2.26. The van der Waals surface area contributed by atoms with Crippen LogP contribution in [0, 0.1) is 0 Å². The summed E-state index contributed by atoms with van der Waals surface area (Å²) in [6.45, 7) is 1.97. The summed E-state index contributed by atoms with van der Waals surface area (Å²) in [5, 5.41) is 3.50. The molecule has 1 atom stereocenters. The third-order valence-corrected chi connectivity index (χ3v) is 9.87. The number of carbonyl (C=O) groups is 2. The van der Waals surface area contributed by atoms with Crippen LogP contribution in [0.3, 0.4) is 0 Å². The Bertz CT molecular complexity index is 2330. The quantitative estimate of drug-likeness (QED) is 0.247. The predicted molar refractivity (Wildman–Crippen MR) is 186 cm³/mol. The van der Waals surface area contributed by atoms with Crippen LogP contribution in [0.2, 0.25) is 5.02 Å². The molecule has 1 aromatic heterocycles. The molecule has 0 unspecified atom stereocenters. The van der Waals surface area contributed by atoms with E-state index < -0.39 is 17.5 Å². The standard InChI is InChI=1S/C37H29ClN4O5S/c1-21-30(34(43)40-23-12-5-4-6-13-23)32(26-18-17-24(46-2)19-29(26)47-3)42-36(45)33(48-37(42)39-21)31-25-14-8-10-16-28(25)41(35(31)44)20-22-11-7-9-15-27(22)38/h4-19,32H,20H2,1-3H3,(H,40,43)/b33-31+/t32-/m0/s1. The summed E-state index contributed by atoms with van der Waals surface area (Å²) in [6.07, 6.45) is 0. The molecule has 2 aliphatic heterocycles. The van der Waals surface area contributed by atoms with Crippen molar-refractivity contribution in [3.8, 4) is 11.5 Å². The molecule has 0 spiro atoms. The molecule has 2 aliphatic rings. The van der Waals surface area contributed by atoms with Crippen LogP contribution in [0.1, 0.15) is 29.7 Å². The number of aromatic nitrogens is 1. The number of hydrogen-bond donors (Lipinski definition) is 1. The molecular weight excluding hydrogens is 648 g/mol. The van der Waals surface area contributed by atoms with Gasteiger partial charge in [-0.1, -0.05) is 77.5 Å². The Morgan fingerprint density at radius 3 is 2.42 bits per heavy atom. The first-order valence-corrected chi connectivity index (χ1v) is 16.3. The molecule has 0 saturated heterocycles. The molecule has 7 rings (SSSR count). The number of benzene rings is 4. The van der Waals surface area contributed by atoms with Crippen molar-refractivity contribution in [3.63, 3.8) is 0 Å². The van der Waals surface area contributed by atoms with E-state index in [0.29, 0.717) is 49.5 Å². The van der Waals surface area contributed by atoms with Crippen molar-refractivity contribution in [2.24, 2.45) is 4.99 Å². The van der Waals surface area contributed by atoms with Crippen LogP contribution in [0.5, 0.6) is 11.5 Å². The van der Waals surface area contributed by atoms with Crippen LogP contribution >= 0.6 is 22.9 Å². The average molecular weight is 677 g/mol. The molecule has 0 radical (unpaired) electrons. The van der Waals surface area contributed by atoms with Crippen molar-refractivity contribution in [3.05, 3.63) is 150 Å². The molecule has 9 nitrogen and oxygen atoms in total. The number of fused-ring (bicyclic) bond motifs is 2. The molecule has 3 heterocycles. The van der Waals surface area contributed by atoms with E-state index in [-0.39, 0.29) is 28.1 Å². The second-order valence-corrected chi connectivity index (χ2v) is 12.6. The van der Waals surface area contributed by atoms with Crippen molar-refractivity contribution in [1.82, 2.24) is 4.57 Å². The highest BCUT2D eigenvalue weighted by Gasteiger charge is 2.38. The van der Waals surface area contributed by atoms with Gasteiger partial charge in [-0.05, 0) is 48.9 Å². The highest BCUT2D eigenvalue weighted by Crippen LogP contribution is 2.39. The summed E-state index contributed by atoms with van der Waals surface area (Å²) in [6, 6.07) is 28.1. The summed E-state index contributed by atoms with van der Waals surface area (Å²) in [5.41, 5.74) is 3.77. The van der Waals surface area contributed by atoms with Gasteiger partial charge in [-0.25, -0.2) is 4.99 Å². The van der Waals surface area contributed by atoms with E-state index in [2.05, 4.69) is 5.32 Å². The van der Waals surface area contributed by atoms with Gasteiger partial charge in [0.2, 0.25) is 0 Å². The number of methoxy groups -OCH3 is 2. The molecule has 0 fully saturated rings. The first kappa shape index (κ1) is 31.2. The molecule has 0 bridgehead atoms. The van der Waals surface area contributed by atoms with Crippen molar-refractivity contribution >= 4 is 51.7 Å². The number of thiazole rings is 1. The van der Waals surface area contributed by atoms with Gasteiger partial charge in [0.05, 0.1) is 43.3 Å². The van der Waals surface area contributed by atoms with Gasteiger partial charge < -0.3 is 19.7 Å². The van der Waals surface area contributed by atoms with E-state index in [1.54, 1.807) is 55.3 Å². The topological polar surface area (TPSA) is 102 Å². The zero-order chi connectivity index (χ0) is 33.5. The minimum absolute atomic E-state index is 0.225. The third-order valence-electron chi connectivity index (χ3n) is 8.45. The van der Waals surface area contributed by atoms with E-state index in [9.17, 15) is 14.4 Å². The summed E-state index contributed by atoms with van der Waals surface area (Å²) < 4.78 is 12.9. The minimum Gasteiger partial charge on any atom is -0.497 e. The molecule has 2 amide bonds. The van der Waals surface area contributed by atoms with Crippen LogP contribution in [0.4, 0.5) is 11.4 Å². The number of hydrogen-bond acceptors (Lipinski definition) is 7. The van der Waals surface area contributed by atoms with E-state index in [0.717, 1.165) is 16.9 Å². The molecule has 0 aliphatic carbocycles. The maximum absolute atomic E-state index is 14.7. The fraction of sp³-hybridized carbons (Fsp3) is 0.135. The number of allylic oxidation sites excluding steroid dienone is 1. The normalized spacial score (nSPS) is 16.3. The van der Waals surface area contributed by atoms with Crippen LogP contribution in [0.25, 0.3) is 5.57 Å². The SMILES string of the molecule is COc1ccc([C@H]2C(C(=O)Nc3ccccc3)=C(C)N=c3s/c(=C4/C(=O)N(Cc5ccccc5Cl)c5ccccc54)c(=O)n32)c(OC)c1. The Kier molecular flexibility index (Phi) is 8.20. The first-order valence-electron chi connectivity index (χ1n) is 15.1. The Hall–Kier alpha value is -5.45. The van der Waals surface area contributed by atoms with E-state index in [1.807, 2.05) is 60.7 Å².